The first kappa shape index (κ1) is 15.9. The molecule has 2 heteroatoms. The van der Waals surface area contributed by atoms with Gasteiger partial charge in [-0.15, -0.1) is 0 Å². The van der Waals surface area contributed by atoms with Crippen LogP contribution in [0.5, 0.6) is 0 Å². The van der Waals surface area contributed by atoms with Crippen LogP contribution in [0.3, 0.4) is 0 Å². The molecule has 0 aliphatic heterocycles. The lowest BCUT2D eigenvalue weighted by Gasteiger charge is -2.20. The van der Waals surface area contributed by atoms with E-state index in [0.717, 1.165) is 0 Å². The van der Waals surface area contributed by atoms with Gasteiger partial charge in [0.2, 0.25) is 0 Å². The number of nitrogens with zero attached hydrogens (tertiary/aromatic N) is 1. The Morgan fingerprint density at radius 1 is 0.938 bits per heavy atom. The first-order valence-electron chi connectivity index (χ1n) is 7.09. The SMILES string of the molecule is CCCCCCNCCCCN(C)C(C)C. The van der Waals surface area contributed by atoms with Crippen LogP contribution in [-0.4, -0.2) is 37.6 Å². The maximum atomic E-state index is 3.53. The van der Waals surface area contributed by atoms with Crippen LogP contribution < -0.4 is 5.32 Å². The minimum Gasteiger partial charge on any atom is -0.317 e. The fraction of sp³-hybridized carbons (Fsp3) is 1.00. The molecule has 0 aromatic heterocycles. The second-order valence-electron chi connectivity index (χ2n) is 5.09. The lowest BCUT2D eigenvalue weighted by atomic mass is 10.2. The predicted octanol–water partition coefficient (Wildman–Crippen LogP) is 3.28. The van der Waals surface area contributed by atoms with Crippen molar-refractivity contribution in [1.82, 2.24) is 10.2 Å². The molecule has 2 nitrogen and oxygen atoms in total. The number of hydrogen-bond acceptors (Lipinski definition) is 2. The number of nitrogens with one attached hydrogen (secondary N) is 1. The van der Waals surface area contributed by atoms with Gasteiger partial charge in [0.1, 0.15) is 0 Å². The summed E-state index contributed by atoms with van der Waals surface area (Å²) in [6, 6.07) is 0.682. The number of unbranched alkanes of at least 4 members (excludes halogenated alkanes) is 4. The predicted molar refractivity (Wildman–Crippen MR) is 74.0 cm³/mol. The molecule has 0 rings (SSSR count). The van der Waals surface area contributed by atoms with Crippen molar-refractivity contribution in [2.75, 3.05) is 26.7 Å². The Kier molecular flexibility index (Phi) is 11.3. The molecule has 0 saturated carbocycles. The van der Waals surface area contributed by atoms with E-state index >= 15 is 0 Å². The van der Waals surface area contributed by atoms with E-state index in [1.807, 2.05) is 0 Å². The zero-order valence-corrected chi connectivity index (χ0v) is 11.9. The van der Waals surface area contributed by atoms with Gasteiger partial charge in [0, 0.05) is 6.04 Å². The lowest BCUT2D eigenvalue weighted by Crippen LogP contribution is -2.28. The maximum Gasteiger partial charge on any atom is 0.00355 e. The Hall–Kier alpha value is -0.0800. The summed E-state index contributed by atoms with van der Waals surface area (Å²) in [5.74, 6) is 0. The minimum atomic E-state index is 0.682. The highest BCUT2D eigenvalue weighted by molar-refractivity contribution is 4.57. The smallest absolute Gasteiger partial charge is 0.00355 e. The molecule has 0 amide bonds. The van der Waals surface area contributed by atoms with Gasteiger partial charge in [0.15, 0.2) is 0 Å². The van der Waals surface area contributed by atoms with Crippen molar-refractivity contribution in [2.24, 2.45) is 0 Å². The van der Waals surface area contributed by atoms with Crippen LogP contribution in [0.4, 0.5) is 0 Å². The van der Waals surface area contributed by atoms with Crippen LogP contribution in [0.2, 0.25) is 0 Å². The molecule has 0 radical (unpaired) electrons. The highest BCUT2D eigenvalue weighted by Crippen LogP contribution is 1.98. The van der Waals surface area contributed by atoms with E-state index in [1.165, 1.54) is 58.2 Å². The molecule has 0 aliphatic carbocycles. The summed E-state index contributed by atoms with van der Waals surface area (Å²) in [5, 5.41) is 3.53. The van der Waals surface area contributed by atoms with Crippen molar-refractivity contribution in [3.63, 3.8) is 0 Å². The fourth-order valence-electron chi connectivity index (χ4n) is 1.67. The van der Waals surface area contributed by atoms with E-state index in [9.17, 15) is 0 Å². The van der Waals surface area contributed by atoms with Gasteiger partial charge in [0.25, 0.3) is 0 Å². The van der Waals surface area contributed by atoms with Crippen LogP contribution in [0, 0.1) is 0 Å². The van der Waals surface area contributed by atoms with Crippen molar-refractivity contribution in [1.29, 1.82) is 0 Å². The van der Waals surface area contributed by atoms with Gasteiger partial charge < -0.3 is 10.2 Å². The highest BCUT2D eigenvalue weighted by Gasteiger charge is 2.01. The average molecular weight is 228 g/mol. The fourth-order valence-corrected chi connectivity index (χ4v) is 1.67. The van der Waals surface area contributed by atoms with E-state index in [0.29, 0.717) is 6.04 Å². The third-order valence-electron chi connectivity index (χ3n) is 3.20. The molecule has 0 aromatic rings. The molecule has 0 saturated heterocycles. The number of rotatable bonds is 11. The highest BCUT2D eigenvalue weighted by atomic mass is 15.1. The lowest BCUT2D eigenvalue weighted by molar-refractivity contribution is 0.268. The van der Waals surface area contributed by atoms with E-state index < -0.39 is 0 Å². The monoisotopic (exact) mass is 228 g/mol. The summed E-state index contributed by atoms with van der Waals surface area (Å²) >= 11 is 0. The molecule has 0 unspecified atom stereocenters. The van der Waals surface area contributed by atoms with Gasteiger partial charge in [-0.3, -0.25) is 0 Å². The first-order chi connectivity index (χ1) is 7.68. The minimum absolute atomic E-state index is 0.682. The summed E-state index contributed by atoms with van der Waals surface area (Å²) in [5.41, 5.74) is 0. The van der Waals surface area contributed by atoms with Crippen LogP contribution >= 0.6 is 0 Å². The third-order valence-corrected chi connectivity index (χ3v) is 3.20. The Bertz CT molecular complexity index is 135. The van der Waals surface area contributed by atoms with Crippen molar-refractivity contribution >= 4 is 0 Å². The van der Waals surface area contributed by atoms with E-state index in [-0.39, 0.29) is 0 Å². The Labute approximate surface area is 103 Å². The molecule has 0 fully saturated rings. The normalized spacial score (nSPS) is 11.6. The molecule has 0 aliphatic rings. The molecule has 0 atom stereocenters. The molecule has 1 N–H and O–H groups in total. The van der Waals surface area contributed by atoms with Gasteiger partial charge in [-0.05, 0) is 59.8 Å². The average Bonchev–Trinajstić information content (AvgIpc) is 2.26. The molecule has 98 valence electrons. The van der Waals surface area contributed by atoms with E-state index in [1.54, 1.807) is 0 Å². The van der Waals surface area contributed by atoms with Crippen LogP contribution in [-0.2, 0) is 0 Å². The summed E-state index contributed by atoms with van der Waals surface area (Å²) in [6.45, 7) is 10.4. The largest absolute Gasteiger partial charge is 0.317 e. The van der Waals surface area contributed by atoms with Gasteiger partial charge in [-0.1, -0.05) is 26.2 Å². The van der Waals surface area contributed by atoms with Crippen LogP contribution in [0.15, 0.2) is 0 Å². The van der Waals surface area contributed by atoms with Gasteiger partial charge >= 0.3 is 0 Å². The molecule has 0 bridgehead atoms. The second-order valence-corrected chi connectivity index (χ2v) is 5.09. The van der Waals surface area contributed by atoms with Gasteiger partial charge in [0.05, 0.1) is 0 Å². The standard InChI is InChI=1S/C14H32N2/c1-5-6-7-8-11-15-12-9-10-13-16(4)14(2)3/h14-15H,5-13H2,1-4H3. The van der Waals surface area contributed by atoms with Crippen molar-refractivity contribution in [3.8, 4) is 0 Å². The van der Waals surface area contributed by atoms with E-state index in [4.69, 9.17) is 0 Å². The van der Waals surface area contributed by atoms with E-state index in [2.05, 4.69) is 38.0 Å². The second kappa shape index (κ2) is 11.4. The Morgan fingerprint density at radius 2 is 1.56 bits per heavy atom. The molecule has 0 aromatic carbocycles. The summed E-state index contributed by atoms with van der Waals surface area (Å²) < 4.78 is 0. The summed E-state index contributed by atoms with van der Waals surface area (Å²) in [6.07, 6.45) is 8.09. The topological polar surface area (TPSA) is 15.3 Å². The number of hydrogen-bond donors (Lipinski definition) is 1. The van der Waals surface area contributed by atoms with Crippen molar-refractivity contribution < 1.29 is 0 Å². The van der Waals surface area contributed by atoms with Crippen LogP contribution in [0.1, 0.15) is 59.3 Å². The Morgan fingerprint density at radius 3 is 2.12 bits per heavy atom. The first-order valence-corrected chi connectivity index (χ1v) is 7.09. The quantitative estimate of drug-likeness (QED) is 0.546. The molecular weight excluding hydrogens is 196 g/mol. The van der Waals surface area contributed by atoms with Crippen molar-refractivity contribution in [2.45, 2.75) is 65.3 Å². The summed E-state index contributed by atoms with van der Waals surface area (Å²) in [7, 11) is 2.21. The van der Waals surface area contributed by atoms with Crippen molar-refractivity contribution in [3.05, 3.63) is 0 Å². The van der Waals surface area contributed by atoms with Gasteiger partial charge in [-0.2, -0.15) is 0 Å². The molecule has 0 heterocycles. The Balaban J connectivity index is 3.04. The molecular formula is C14H32N2. The third kappa shape index (κ3) is 10.4. The van der Waals surface area contributed by atoms with Crippen LogP contribution in [0.25, 0.3) is 0 Å². The molecule has 16 heavy (non-hydrogen) atoms. The zero-order chi connectivity index (χ0) is 12.2. The maximum absolute atomic E-state index is 3.53. The van der Waals surface area contributed by atoms with Gasteiger partial charge in [-0.25, -0.2) is 0 Å². The molecule has 0 spiro atoms. The zero-order valence-electron chi connectivity index (χ0n) is 11.9. The summed E-state index contributed by atoms with van der Waals surface area (Å²) in [4.78, 5) is 2.42.